The molecule has 2 aromatic rings. The molecule has 1 atom stereocenters. The molecule has 2 rings (SSSR count). The number of aryl methyl sites for hydroxylation is 1. The average Bonchev–Trinajstić information content (AvgIpc) is 2.55. The van der Waals surface area contributed by atoms with E-state index >= 15 is 0 Å². The summed E-state index contributed by atoms with van der Waals surface area (Å²) in [6.45, 7) is 8.55. The van der Waals surface area contributed by atoms with Gasteiger partial charge in [0.25, 0.3) is 0 Å². The van der Waals surface area contributed by atoms with Gasteiger partial charge in [-0.1, -0.05) is 50.2 Å². The Morgan fingerprint density at radius 1 is 1.00 bits per heavy atom. The molecule has 22 heavy (non-hydrogen) atoms. The van der Waals surface area contributed by atoms with Crippen molar-refractivity contribution in [1.29, 1.82) is 0 Å². The maximum Gasteiger partial charge on any atom is 0.128 e. The Balaban J connectivity index is 2.25. The van der Waals surface area contributed by atoms with Crippen LogP contribution in [0.2, 0.25) is 0 Å². The average molecular weight is 297 g/mol. The number of aromatic nitrogens is 1. The van der Waals surface area contributed by atoms with E-state index in [1.54, 1.807) is 0 Å². The molecule has 118 valence electrons. The number of hydrogen-bond acceptors (Lipinski definition) is 3. The lowest BCUT2D eigenvalue weighted by atomic mass is 9.98. The van der Waals surface area contributed by atoms with Gasteiger partial charge in [0.2, 0.25) is 0 Å². The van der Waals surface area contributed by atoms with Gasteiger partial charge in [0, 0.05) is 18.8 Å². The first-order valence-electron chi connectivity index (χ1n) is 8.20. The molecule has 1 heterocycles. The molecule has 0 saturated heterocycles. The van der Waals surface area contributed by atoms with Gasteiger partial charge in [0.15, 0.2) is 0 Å². The van der Waals surface area contributed by atoms with Gasteiger partial charge in [-0.25, -0.2) is 4.98 Å². The van der Waals surface area contributed by atoms with E-state index in [-0.39, 0.29) is 6.04 Å². The third-order valence-corrected chi connectivity index (χ3v) is 3.92. The van der Waals surface area contributed by atoms with Crippen LogP contribution in [-0.2, 0) is 0 Å². The van der Waals surface area contributed by atoms with Crippen LogP contribution in [0.4, 0.5) is 5.82 Å². The third kappa shape index (κ3) is 3.86. The SMILES string of the molecule is CCCN(CCC)c1ccc(C(N)c2ccccc2)c(C)n1. The van der Waals surface area contributed by atoms with Crippen molar-refractivity contribution in [2.45, 2.75) is 39.7 Å². The molecule has 2 N–H and O–H groups in total. The third-order valence-electron chi connectivity index (χ3n) is 3.92. The fraction of sp³-hybridized carbons (Fsp3) is 0.421. The molecule has 1 aromatic carbocycles. The minimum atomic E-state index is -0.117. The minimum absolute atomic E-state index is 0.117. The highest BCUT2D eigenvalue weighted by atomic mass is 15.2. The first kappa shape index (κ1) is 16.5. The zero-order valence-electron chi connectivity index (χ0n) is 13.9. The van der Waals surface area contributed by atoms with Crippen molar-refractivity contribution in [1.82, 2.24) is 4.98 Å². The second-order valence-corrected chi connectivity index (χ2v) is 5.72. The molecule has 0 bridgehead atoms. The Hall–Kier alpha value is -1.87. The van der Waals surface area contributed by atoms with Crippen molar-refractivity contribution in [3.63, 3.8) is 0 Å². The van der Waals surface area contributed by atoms with Gasteiger partial charge in [-0.15, -0.1) is 0 Å². The van der Waals surface area contributed by atoms with Crippen LogP contribution in [0.1, 0.15) is 49.6 Å². The summed E-state index contributed by atoms with van der Waals surface area (Å²) in [5.41, 5.74) is 9.65. The molecule has 0 radical (unpaired) electrons. The molecule has 0 amide bonds. The lowest BCUT2D eigenvalue weighted by molar-refractivity contribution is 0.730. The highest BCUT2D eigenvalue weighted by molar-refractivity contribution is 5.44. The second kappa shape index (κ2) is 7.95. The van der Waals surface area contributed by atoms with Crippen molar-refractivity contribution in [2.75, 3.05) is 18.0 Å². The molecular formula is C19H27N3. The number of benzene rings is 1. The van der Waals surface area contributed by atoms with Gasteiger partial charge in [-0.05, 0) is 37.0 Å². The number of rotatable bonds is 7. The standard InChI is InChI=1S/C19H27N3/c1-4-13-22(14-5-2)18-12-11-17(15(3)21-18)19(20)16-9-7-6-8-10-16/h6-12,19H,4-5,13-14,20H2,1-3H3. The number of hydrogen-bond donors (Lipinski definition) is 1. The van der Waals surface area contributed by atoms with Crippen LogP contribution < -0.4 is 10.6 Å². The van der Waals surface area contributed by atoms with Gasteiger partial charge in [-0.3, -0.25) is 0 Å². The van der Waals surface area contributed by atoms with E-state index < -0.39 is 0 Å². The molecule has 3 heteroatoms. The molecule has 1 aromatic heterocycles. The monoisotopic (exact) mass is 297 g/mol. The summed E-state index contributed by atoms with van der Waals surface area (Å²) in [6, 6.07) is 14.3. The van der Waals surface area contributed by atoms with Crippen LogP contribution in [0.3, 0.4) is 0 Å². The number of anilines is 1. The van der Waals surface area contributed by atoms with Gasteiger partial charge in [0.1, 0.15) is 5.82 Å². The van der Waals surface area contributed by atoms with Gasteiger partial charge >= 0.3 is 0 Å². The highest BCUT2D eigenvalue weighted by Crippen LogP contribution is 2.24. The van der Waals surface area contributed by atoms with Crippen LogP contribution in [0.15, 0.2) is 42.5 Å². The largest absolute Gasteiger partial charge is 0.357 e. The van der Waals surface area contributed by atoms with E-state index in [2.05, 4.69) is 49.9 Å². The van der Waals surface area contributed by atoms with Gasteiger partial charge < -0.3 is 10.6 Å². The van der Waals surface area contributed by atoms with Crippen molar-refractivity contribution in [3.05, 3.63) is 59.3 Å². The summed E-state index contributed by atoms with van der Waals surface area (Å²) in [7, 11) is 0. The molecule has 0 saturated carbocycles. The lowest BCUT2D eigenvalue weighted by Crippen LogP contribution is -2.26. The molecule has 3 nitrogen and oxygen atoms in total. The number of pyridine rings is 1. The van der Waals surface area contributed by atoms with Crippen LogP contribution >= 0.6 is 0 Å². The number of nitrogens with two attached hydrogens (primary N) is 1. The molecular weight excluding hydrogens is 270 g/mol. The fourth-order valence-corrected chi connectivity index (χ4v) is 2.78. The first-order chi connectivity index (χ1) is 10.7. The molecule has 0 aliphatic carbocycles. The van der Waals surface area contributed by atoms with E-state index in [4.69, 9.17) is 10.7 Å². The predicted octanol–water partition coefficient (Wildman–Crippen LogP) is 4.06. The summed E-state index contributed by atoms with van der Waals surface area (Å²) in [5, 5.41) is 0. The smallest absolute Gasteiger partial charge is 0.128 e. The maximum atomic E-state index is 6.41. The lowest BCUT2D eigenvalue weighted by Gasteiger charge is -2.24. The second-order valence-electron chi connectivity index (χ2n) is 5.72. The van der Waals surface area contributed by atoms with Crippen molar-refractivity contribution < 1.29 is 0 Å². The zero-order chi connectivity index (χ0) is 15.9. The van der Waals surface area contributed by atoms with Crippen molar-refractivity contribution in [2.24, 2.45) is 5.73 Å². The predicted molar refractivity (Wildman–Crippen MR) is 94.2 cm³/mol. The summed E-state index contributed by atoms with van der Waals surface area (Å²) in [6.07, 6.45) is 2.26. The van der Waals surface area contributed by atoms with Gasteiger partial charge in [0.05, 0.1) is 6.04 Å². The van der Waals surface area contributed by atoms with Gasteiger partial charge in [-0.2, -0.15) is 0 Å². The van der Waals surface area contributed by atoms with E-state index in [0.29, 0.717) is 0 Å². The van der Waals surface area contributed by atoms with Crippen LogP contribution in [-0.4, -0.2) is 18.1 Å². The highest BCUT2D eigenvalue weighted by Gasteiger charge is 2.14. The molecule has 0 fully saturated rings. The Kier molecular flexibility index (Phi) is 5.96. The molecule has 1 unspecified atom stereocenters. The first-order valence-corrected chi connectivity index (χ1v) is 8.20. The maximum absolute atomic E-state index is 6.41. The Bertz CT molecular complexity index is 574. The molecule has 0 aliphatic heterocycles. The Labute approximate surface area is 134 Å². The summed E-state index contributed by atoms with van der Waals surface area (Å²) in [5.74, 6) is 1.06. The van der Waals surface area contributed by atoms with Crippen LogP contribution in [0, 0.1) is 6.92 Å². The van der Waals surface area contributed by atoms with Crippen LogP contribution in [0.5, 0.6) is 0 Å². The molecule has 0 spiro atoms. The number of nitrogens with zero attached hydrogens (tertiary/aromatic N) is 2. The normalized spacial score (nSPS) is 12.2. The minimum Gasteiger partial charge on any atom is -0.357 e. The molecule has 0 aliphatic rings. The summed E-state index contributed by atoms with van der Waals surface area (Å²) >= 11 is 0. The topological polar surface area (TPSA) is 42.1 Å². The van der Waals surface area contributed by atoms with E-state index in [1.807, 2.05) is 18.2 Å². The summed E-state index contributed by atoms with van der Waals surface area (Å²) in [4.78, 5) is 7.16. The van der Waals surface area contributed by atoms with Crippen LogP contribution in [0.25, 0.3) is 0 Å². The van der Waals surface area contributed by atoms with Crippen molar-refractivity contribution in [3.8, 4) is 0 Å². The van der Waals surface area contributed by atoms with E-state index in [1.165, 1.54) is 0 Å². The Morgan fingerprint density at radius 2 is 1.64 bits per heavy atom. The Morgan fingerprint density at radius 3 is 2.18 bits per heavy atom. The fourth-order valence-electron chi connectivity index (χ4n) is 2.78. The summed E-state index contributed by atoms with van der Waals surface area (Å²) < 4.78 is 0. The van der Waals surface area contributed by atoms with E-state index in [0.717, 1.165) is 48.6 Å². The zero-order valence-corrected chi connectivity index (χ0v) is 13.9. The quantitative estimate of drug-likeness (QED) is 0.838. The van der Waals surface area contributed by atoms with Crippen molar-refractivity contribution >= 4 is 5.82 Å². The van der Waals surface area contributed by atoms with E-state index in [9.17, 15) is 0 Å².